The number of anilines is 2. The maximum absolute atomic E-state index is 13.7. The number of methoxy groups -OCH3 is 1. The van der Waals surface area contributed by atoms with Crippen LogP contribution in [0, 0.1) is 6.92 Å². The number of ether oxygens (including phenoxy) is 3. The van der Waals surface area contributed by atoms with Gasteiger partial charge in [0.15, 0.2) is 0 Å². The average molecular weight is 758 g/mol. The van der Waals surface area contributed by atoms with Crippen molar-refractivity contribution in [3.63, 3.8) is 0 Å². The highest BCUT2D eigenvalue weighted by molar-refractivity contribution is 7.79. The lowest BCUT2D eigenvalue weighted by atomic mass is 10.1. The number of benzene rings is 3. The van der Waals surface area contributed by atoms with Crippen molar-refractivity contribution in [3.05, 3.63) is 77.4 Å². The summed E-state index contributed by atoms with van der Waals surface area (Å²) in [6.45, 7) is 6.80. The monoisotopic (exact) mass is 757 g/mol. The van der Waals surface area contributed by atoms with Crippen molar-refractivity contribution < 1.29 is 46.1 Å². The Bertz CT molecular complexity index is 1770. The number of likely N-dealkylation sites (N-methyl/N-ethyl adjacent to an activating group) is 1. The van der Waals surface area contributed by atoms with Crippen LogP contribution in [0.25, 0.3) is 0 Å². The van der Waals surface area contributed by atoms with Crippen molar-refractivity contribution in [1.82, 2.24) is 9.80 Å². The molecule has 3 aromatic carbocycles. The second-order valence-corrected chi connectivity index (χ2v) is 13.4. The Morgan fingerprint density at radius 3 is 2.21 bits per heavy atom. The van der Waals surface area contributed by atoms with Gasteiger partial charge in [0, 0.05) is 45.2 Å². The minimum atomic E-state index is -4.67. The van der Waals surface area contributed by atoms with E-state index in [0.717, 1.165) is 51.0 Å². The quantitative estimate of drug-likeness (QED) is 0.119. The molecule has 4 rings (SSSR count). The van der Waals surface area contributed by atoms with Gasteiger partial charge in [0.05, 0.1) is 37.3 Å². The third-order valence-electron chi connectivity index (χ3n) is 8.36. The fraction of sp³-hybridized carbons (Fsp3) is 0.432. The molecule has 1 saturated heterocycles. The molecule has 0 aromatic heterocycles. The number of aryl methyl sites for hydroxylation is 1. The van der Waals surface area contributed by atoms with E-state index in [0.29, 0.717) is 72.4 Å². The first-order chi connectivity index (χ1) is 25.2. The smallest absolute Gasteiger partial charge is 0.394 e. The first kappa shape index (κ1) is 42.7. The number of amides is 3. The molecule has 5 N–H and O–H groups in total. The van der Waals surface area contributed by atoms with Gasteiger partial charge in [-0.1, -0.05) is 18.2 Å². The van der Waals surface area contributed by atoms with Crippen LogP contribution in [0.2, 0.25) is 0 Å². The molecule has 1 aliphatic rings. The van der Waals surface area contributed by atoms with Gasteiger partial charge in [-0.25, -0.2) is 0 Å². The number of unbranched alkanes of at least 4 members (excludes halogenated alkanes) is 2. The summed E-state index contributed by atoms with van der Waals surface area (Å²) in [6.07, 6.45) is 3.73. The van der Waals surface area contributed by atoms with Crippen LogP contribution < -0.4 is 30.2 Å². The van der Waals surface area contributed by atoms with Crippen LogP contribution in [0.1, 0.15) is 58.4 Å². The summed E-state index contributed by atoms with van der Waals surface area (Å²) < 4.78 is 49.1. The molecule has 0 spiro atoms. The fourth-order valence-electron chi connectivity index (χ4n) is 5.43. The lowest BCUT2D eigenvalue weighted by Crippen LogP contribution is -2.47. The number of rotatable bonds is 16. The van der Waals surface area contributed by atoms with Crippen LogP contribution >= 0.6 is 0 Å². The predicted molar refractivity (Wildman–Crippen MR) is 203 cm³/mol. The van der Waals surface area contributed by atoms with Gasteiger partial charge in [-0.3, -0.25) is 23.5 Å². The predicted octanol–water partition coefficient (Wildman–Crippen LogP) is 4.32. The number of nitrogens with one attached hydrogen (secondary N) is 1. The molecule has 290 valence electrons. The zero-order valence-electron chi connectivity index (χ0n) is 30.7. The molecule has 3 aromatic rings. The van der Waals surface area contributed by atoms with E-state index in [2.05, 4.69) is 17.3 Å². The van der Waals surface area contributed by atoms with Gasteiger partial charge >= 0.3 is 10.4 Å². The molecule has 0 unspecified atom stereocenters. The summed E-state index contributed by atoms with van der Waals surface area (Å²) in [7, 11) is 0.603. The number of para-hydroxylation sites is 1. The zero-order valence-corrected chi connectivity index (χ0v) is 31.6. The van der Waals surface area contributed by atoms with E-state index in [-0.39, 0.29) is 17.7 Å². The normalized spacial score (nSPS) is 13.0. The Labute approximate surface area is 311 Å². The number of carbonyl (C=O) groups is 3. The topological polar surface area (TPSA) is 201 Å². The summed E-state index contributed by atoms with van der Waals surface area (Å²) in [5.41, 5.74) is 8.40. The molecular formula is C37H51N5O10S. The van der Waals surface area contributed by atoms with E-state index >= 15 is 0 Å². The van der Waals surface area contributed by atoms with Gasteiger partial charge in [0.1, 0.15) is 17.2 Å². The molecular weight excluding hydrogens is 706 g/mol. The van der Waals surface area contributed by atoms with Gasteiger partial charge in [0.2, 0.25) is 5.91 Å². The van der Waals surface area contributed by atoms with E-state index in [1.54, 1.807) is 54.4 Å². The lowest BCUT2D eigenvalue weighted by Gasteiger charge is -2.32. The third kappa shape index (κ3) is 14.3. The number of nitrogens with zero attached hydrogens (tertiary/aromatic N) is 3. The molecule has 15 nitrogen and oxygen atoms in total. The van der Waals surface area contributed by atoms with E-state index < -0.39 is 10.4 Å². The second kappa shape index (κ2) is 21.1. The summed E-state index contributed by atoms with van der Waals surface area (Å²) in [5.74, 6) is 1.02. The molecule has 0 bridgehead atoms. The highest BCUT2D eigenvalue weighted by Crippen LogP contribution is 2.32. The lowest BCUT2D eigenvalue weighted by molar-refractivity contribution is -0.132. The minimum absolute atomic E-state index is 0.228. The molecule has 53 heavy (non-hydrogen) atoms. The maximum Gasteiger partial charge on any atom is 0.394 e. The Morgan fingerprint density at radius 1 is 0.868 bits per heavy atom. The number of hydrogen-bond donors (Lipinski definition) is 4. The Balaban J connectivity index is 0.00000141. The van der Waals surface area contributed by atoms with Gasteiger partial charge in [-0.15, -0.1) is 0 Å². The highest BCUT2D eigenvalue weighted by atomic mass is 32.3. The van der Waals surface area contributed by atoms with E-state index in [1.807, 2.05) is 30.0 Å². The summed E-state index contributed by atoms with van der Waals surface area (Å²) in [4.78, 5) is 45.1. The van der Waals surface area contributed by atoms with Crippen molar-refractivity contribution in [2.45, 2.75) is 39.0 Å². The average Bonchev–Trinajstić information content (AvgIpc) is 3.12. The largest absolute Gasteiger partial charge is 0.495 e. The van der Waals surface area contributed by atoms with E-state index in [9.17, 15) is 14.4 Å². The highest BCUT2D eigenvalue weighted by Gasteiger charge is 2.21. The molecule has 0 radical (unpaired) electrons. The third-order valence-corrected chi connectivity index (χ3v) is 8.36. The molecule has 0 saturated carbocycles. The van der Waals surface area contributed by atoms with Crippen LogP contribution in [0.3, 0.4) is 0 Å². The first-order valence-electron chi connectivity index (χ1n) is 17.3. The molecule has 0 atom stereocenters. The van der Waals surface area contributed by atoms with Gasteiger partial charge in [-0.2, -0.15) is 8.42 Å². The molecule has 1 heterocycles. The van der Waals surface area contributed by atoms with Crippen molar-refractivity contribution in [2.75, 3.05) is 77.4 Å². The standard InChI is InChI=1S/C37H49N5O6.H2O4S/c1-27-14-17-31(34(25-27)48-23-9-5-6-13-35(43)42-21-19-40(2)20-22-42)41(3)37(45)28-15-16-30(33(26-28)46-4)39-36(44)29-11-7-8-12-32(29)47-24-10-18-38;1-5(2,3)4/h7-8,11-12,14-17,25-26H,5-6,9-10,13,18-24,38H2,1-4H3,(H,39,44);(H2,1,2,3,4). The first-order valence-corrected chi connectivity index (χ1v) is 18.7. The summed E-state index contributed by atoms with van der Waals surface area (Å²) in [5, 5.41) is 2.88. The van der Waals surface area contributed by atoms with Gasteiger partial charge in [0.25, 0.3) is 11.8 Å². The van der Waals surface area contributed by atoms with E-state index in [4.69, 9.17) is 37.5 Å². The molecule has 3 amide bonds. The number of nitrogens with two attached hydrogens (primary N) is 1. The van der Waals surface area contributed by atoms with Crippen molar-refractivity contribution in [2.24, 2.45) is 5.73 Å². The summed E-state index contributed by atoms with van der Waals surface area (Å²) >= 11 is 0. The van der Waals surface area contributed by atoms with Crippen LogP contribution in [0.15, 0.2) is 60.7 Å². The molecule has 1 aliphatic heterocycles. The Hall–Kier alpha value is -4.74. The van der Waals surface area contributed by atoms with E-state index in [1.165, 1.54) is 7.11 Å². The van der Waals surface area contributed by atoms with Gasteiger partial charge in [-0.05, 0) is 94.2 Å². The van der Waals surface area contributed by atoms with Crippen molar-refractivity contribution in [3.8, 4) is 17.2 Å². The second-order valence-electron chi connectivity index (χ2n) is 12.5. The maximum atomic E-state index is 13.7. The van der Waals surface area contributed by atoms with Gasteiger partial charge < -0.3 is 40.0 Å². The molecule has 16 heteroatoms. The minimum Gasteiger partial charge on any atom is -0.495 e. The number of piperazine rings is 1. The number of hydrogen-bond acceptors (Lipinski definition) is 10. The fourth-order valence-corrected chi connectivity index (χ4v) is 5.43. The van der Waals surface area contributed by atoms with Crippen LogP contribution in [0.5, 0.6) is 17.2 Å². The SMILES string of the molecule is COc1cc(C(=O)N(C)c2ccc(C)cc2OCCCCCC(=O)N2CCN(C)CC2)ccc1NC(=O)c1ccccc1OCCCN.O=S(=O)(O)O. The van der Waals surface area contributed by atoms with Crippen LogP contribution in [-0.4, -0.2) is 112 Å². The van der Waals surface area contributed by atoms with Crippen LogP contribution in [0.4, 0.5) is 11.4 Å². The molecule has 0 aliphatic carbocycles. The number of carbonyl (C=O) groups excluding carboxylic acids is 3. The summed E-state index contributed by atoms with van der Waals surface area (Å²) in [6, 6.07) is 17.6. The zero-order chi connectivity index (χ0) is 39.0. The molecule has 1 fully saturated rings. The van der Waals surface area contributed by atoms with Crippen molar-refractivity contribution in [1.29, 1.82) is 0 Å². The Kier molecular flexibility index (Phi) is 17.0. The van der Waals surface area contributed by atoms with Crippen LogP contribution in [-0.2, 0) is 15.2 Å². The van der Waals surface area contributed by atoms with Crippen molar-refractivity contribution >= 4 is 39.5 Å². The Morgan fingerprint density at radius 2 is 1.53 bits per heavy atom.